The van der Waals surface area contributed by atoms with Crippen molar-refractivity contribution in [1.82, 2.24) is 0 Å². The molecule has 1 aromatic carbocycles. The van der Waals surface area contributed by atoms with Gasteiger partial charge >= 0.3 is 87.2 Å². The van der Waals surface area contributed by atoms with E-state index in [-0.39, 0.29) is 0 Å². The fraction of sp³-hybridized carbons (Fsp3) is 0.111. The van der Waals surface area contributed by atoms with Gasteiger partial charge in [-0.3, -0.25) is 0 Å². The zero-order chi connectivity index (χ0) is 8.44. The van der Waals surface area contributed by atoms with Crippen LogP contribution in [0.15, 0.2) is 40.5 Å². The molecule has 64 valence electrons. The van der Waals surface area contributed by atoms with Crippen molar-refractivity contribution in [2.75, 3.05) is 6.61 Å². The molecule has 0 radical (unpaired) electrons. The fourth-order valence-corrected chi connectivity index (χ4v) is 9.73. The van der Waals surface area contributed by atoms with E-state index in [0.29, 0.717) is 0 Å². The number of rotatable bonds is 1. The first-order valence-electron chi connectivity index (χ1n) is 3.70. The Labute approximate surface area is 86.4 Å². The third-order valence-electron chi connectivity index (χ3n) is 1.67. The molecule has 2 rings (SSSR count). The van der Waals surface area contributed by atoms with E-state index in [4.69, 9.17) is 3.10 Å². The predicted octanol–water partition coefficient (Wildman–Crippen LogP) is 1.90. The van der Waals surface area contributed by atoms with Gasteiger partial charge in [0.15, 0.2) is 0 Å². The van der Waals surface area contributed by atoms with Gasteiger partial charge in [0.2, 0.25) is 0 Å². The third-order valence-corrected chi connectivity index (χ3v) is 14.3. The standard InChI is InChI=1S/C9H9IOTe/c10-12(8-4-7-11-12)9-5-2-1-3-6-9/h1-6,8H,7H2. The van der Waals surface area contributed by atoms with Gasteiger partial charge in [-0.05, 0) is 0 Å². The van der Waals surface area contributed by atoms with Crippen LogP contribution in [0.2, 0.25) is 0 Å². The molecule has 0 N–H and O–H groups in total. The summed E-state index contributed by atoms with van der Waals surface area (Å²) in [6, 6.07) is 10.5. The molecule has 0 amide bonds. The van der Waals surface area contributed by atoms with Crippen molar-refractivity contribution in [3.05, 3.63) is 40.5 Å². The summed E-state index contributed by atoms with van der Waals surface area (Å²) in [4.78, 5) is 0. The van der Waals surface area contributed by atoms with E-state index in [1.807, 2.05) is 6.07 Å². The molecule has 1 atom stereocenters. The zero-order valence-corrected chi connectivity index (χ0v) is 10.9. The molecule has 1 heterocycles. The van der Waals surface area contributed by atoms with Crippen LogP contribution < -0.4 is 3.61 Å². The summed E-state index contributed by atoms with van der Waals surface area (Å²) in [7, 11) is 0. The van der Waals surface area contributed by atoms with Gasteiger partial charge in [-0.2, -0.15) is 0 Å². The quantitative estimate of drug-likeness (QED) is 0.528. The Balaban J connectivity index is 2.36. The van der Waals surface area contributed by atoms with Gasteiger partial charge in [0, 0.05) is 0 Å². The molecule has 0 aromatic heterocycles. The molecule has 0 fully saturated rings. The fourth-order valence-electron chi connectivity index (χ4n) is 1.09. The van der Waals surface area contributed by atoms with Gasteiger partial charge in [0.05, 0.1) is 0 Å². The summed E-state index contributed by atoms with van der Waals surface area (Å²) < 4.78 is 9.48. The molecular formula is C9H9IOTe. The molecule has 12 heavy (non-hydrogen) atoms. The molecule has 0 saturated carbocycles. The maximum absolute atomic E-state index is 5.79. The first kappa shape index (κ1) is 9.01. The Morgan fingerprint density at radius 1 is 1.25 bits per heavy atom. The average molecular weight is 388 g/mol. The monoisotopic (exact) mass is 390 g/mol. The number of hydrogen-bond acceptors (Lipinski definition) is 1. The molecule has 0 bridgehead atoms. The van der Waals surface area contributed by atoms with Gasteiger partial charge in [0.1, 0.15) is 0 Å². The molecule has 1 unspecified atom stereocenters. The van der Waals surface area contributed by atoms with Gasteiger partial charge in [-0.15, -0.1) is 0 Å². The summed E-state index contributed by atoms with van der Waals surface area (Å²) in [6.45, 7) is 0.805. The van der Waals surface area contributed by atoms with E-state index < -0.39 is 14.6 Å². The summed E-state index contributed by atoms with van der Waals surface area (Å²) in [6.07, 6.45) is 2.14. The second-order valence-electron chi connectivity index (χ2n) is 2.50. The van der Waals surface area contributed by atoms with Gasteiger partial charge < -0.3 is 0 Å². The number of benzene rings is 1. The van der Waals surface area contributed by atoms with Crippen LogP contribution in [0.5, 0.6) is 0 Å². The third kappa shape index (κ3) is 1.69. The zero-order valence-electron chi connectivity index (χ0n) is 6.44. The molecule has 0 spiro atoms. The first-order chi connectivity index (χ1) is 5.81. The van der Waals surface area contributed by atoms with Gasteiger partial charge in [-0.1, -0.05) is 0 Å². The van der Waals surface area contributed by atoms with Gasteiger partial charge in [-0.25, -0.2) is 0 Å². The van der Waals surface area contributed by atoms with E-state index in [1.165, 1.54) is 3.61 Å². The van der Waals surface area contributed by atoms with Crippen molar-refractivity contribution < 1.29 is 3.10 Å². The second-order valence-corrected chi connectivity index (χ2v) is 17.1. The van der Waals surface area contributed by atoms with Crippen molar-refractivity contribution >= 4 is 37.0 Å². The molecule has 1 aromatic rings. The Hall–Kier alpha value is 0.440. The normalized spacial score (nSPS) is 33.1. The second kappa shape index (κ2) is 3.67. The topological polar surface area (TPSA) is 9.23 Å². The Morgan fingerprint density at radius 2 is 2.00 bits per heavy atom. The van der Waals surface area contributed by atoms with Crippen LogP contribution in [0, 0.1) is 0 Å². The Bertz CT molecular complexity index is 299. The van der Waals surface area contributed by atoms with E-state index in [1.54, 1.807) is 0 Å². The van der Waals surface area contributed by atoms with Crippen molar-refractivity contribution in [3.8, 4) is 0 Å². The van der Waals surface area contributed by atoms with Crippen LogP contribution in [-0.4, -0.2) is 21.3 Å². The van der Waals surface area contributed by atoms with E-state index in [0.717, 1.165) is 6.61 Å². The van der Waals surface area contributed by atoms with Crippen LogP contribution >= 0.6 is 18.7 Å². The number of hydrogen-bond donors (Lipinski definition) is 0. The van der Waals surface area contributed by atoms with Crippen molar-refractivity contribution in [2.45, 2.75) is 0 Å². The molecule has 1 nitrogen and oxygen atoms in total. The van der Waals surface area contributed by atoms with E-state index in [2.05, 4.69) is 53.2 Å². The van der Waals surface area contributed by atoms with Gasteiger partial charge in [0.25, 0.3) is 0 Å². The summed E-state index contributed by atoms with van der Waals surface area (Å²) in [5.41, 5.74) is 0. The van der Waals surface area contributed by atoms with Crippen LogP contribution in [0.1, 0.15) is 0 Å². The Morgan fingerprint density at radius 3 is 2.58 bits per heavy atom. The van der Waals surface area contributed by atoms with Crippen LogP contribution in [-0.2, 0) is 3.10 Å². The molecule has 0 aliphatic carbocycles. The first-order valence-corrected chi connectivity index (χ1v) is 14.0. The maximum atomic E-state index is 5.79. The average Bonchev–Trinajstić information content (AvgIpc) is 2.55. The van der Waals surface area contributed by atoms with Crippen LogP contribution in [0.3, 0.4) is 0 Å². The summed E-state index contributed by atoms with van der Waals surface area (Å²) in [5, 5.41) is 0. The van der Waals surface area contributed by atoms with Crippen molar-refractivity contribution in [3.63, 3.8) is 0 Å². The minimum absolute atomic E-state index is 0.805. The van der Waals surface area contributed by atoms with Crippen LogP contribution in [0.4, 0.5) is 0 Å². The molecule has 3 heteroatoms. The predicted molar refractivity (Wildman–Crippen MR) is 60.9 cm³/mol. The number of halogens is 1. The molecule has 1 aliphatic heterocycles. The minimum atomic E-state index is -2.21. The molecule has 0 saturated heterocycles. The van der Waals surface area contributed by atoms with Crippen LogP contribution in [0.25, 0.3) is 0 Å². The Kier molecular flexibility index (Phi) is 2.75. The summed E-state index contributed by atoms with van der Waals surface area (Å²) in [5.74, 6) is 0. The van der Waals surface area contributed by atoms with Crippen molar-refractivity contribution in [2.24, 2.45) is 0 Å². The van der Waals surface area contributed by atoms with E-state index >= 15 is 0 Å². The summed E-state index contributed by atoms with van der Waals surface area (Å²) >= 11 is 0.306. The molecule has 1 aliphatic rings. The molecular weight excluding hydrogens is 379 g/mol. The van der Waals surface area contributed by atoms with Crippen molar-refractivity contribution in [1.29, 1.82) is 0 Å². The SMILES string of the molecule is I[Te]1(c2ccccc2)C=CCO1. The van der Waals surface area contributed by atoms with E-state index in [9.17, 15) is 0 Å².